The van der Waals surface area contributed by atoms with E-state index in [-0.39, 0.29) is 6.04 Å². The van der Waals surface area contributed by atoms with Crippen LogP contribution in [-0.2, 0) is 4.79 Å². The average molecular weight is 226 g/mol. The Bertz CT molecular complexity index is 216. The quantitative estimate of drug-likeness (QED) is 0.705. The number of amides is 1. The fourth-order valence-electron chi connectivity index (χ4n) is 2.30. The van der Waals surface area contributed by atoms with Crippen LogP contribution in [0, 0.1) is 5.92 Å². The minimum Gasteiger partial charge on any atom is -0.342 e. The number of hydrogen-bond acceptors (Lipinski definition) is 2. The molecule has 2 unspecified atom stereocenters. The lowest BCUT2D eigenvalue weighted by Gasteiger charge is -2.18. The van der Waals surface area contributed by atoms with Gasteiger partial charge in [-0.3, -0.25) is 4.79 Å². The van der Waals surface area contributed by atoms with Gasteiger partial charge in [-0.1, -0.05) is 26.2 Å². The Morgan fingerprint density at radius 1 is 1.44 bits per heavy atom. The maximum Gasteiger partial charge on any atom is 0.222 e. The Kier molecular flexibility index (Phi) is 5.81. The van der Waals surface area contributed by atoms with E-state index in [0.29, 0.717) is 11.8 Å². The van der Waals surface area contributed by atoms with Crippen LogP contribution in [0.3, 0.4) is 0 Å². The molecule has 1 amide bonds. The molecule has 1 fully saturated rings. The van der Waals surface area contributed by atoms with Gasteiger partial charge in [0, 0.05) is 25.6 Å². The summed E-state index contributed by atoms with van der Waals surface area (Å²) in [7, 11) is 0. The molecule has 0 bridgehead atoms. The summed E-state index contributed by atoms with van der Waals surface area (Å²) in [4.78, 5) is 13.9. The Morgan fingerprint density at radius 2 is 2.19 bits per heavy atom. The van der Waals surface area contributed by atoms with E-state index in [9.17, 15) is 4.79 Å². The lowest BCUT2D eigenvalue weighted by Crippen LogP contribution is -2.32. The van der Waals surface area contributed by atoms with Gasteiger partial charge in [0.05, 0.1) is 0 Å². The van der Waals surface area contributed by atoms with Gasteiger partial charge in [0.1, 0.15) is 0 Å². The van der Waals surface area contributed by atoms with Crippen LogP contribution in [-0.4, -0.2) is 29.9 Å². The number of rotatable bonds is 6. The van der Waals surface area contributed by atoms with E-state index in [2.05, 4.69) is 6.92 Å². The molecular formula is C13H26N2O. The van der Waals surface area contributed by atoms with Crippen LogP contribution in [0.5, 0.6) is 0 Å². The van der Waals surface area contributed by atoms with Crippen molar-refractivity contribution >= 4 is 5.91 Å². The number of likely N-dealkylation sites (tertiary alicyclic amines) is 1. The van der Waals surface area contributed by atoms with Crippen LogP contribution < -0.4 is 5.73 Å². The highest BCUT2D eigenvalue weighted by molar-refractivity contribution is 5.76. The third kappa shape index (κ3) is 4.12. The molecule has 1 aliphatic rings. The summed E-state index contributed by atoms with van der Waals surface area (Å²) in [6, 6.07) is 0.220. The molecule has 0 aliphatic carbocycles. The molecule has 1 rings (SSSR count). The minimum absolute atomic E-state index is 0.220. The molecule has 1 aliphatic heterocycles. The first kappa shape index (κ1) is 13.5. The highest BCUT2D eigenvalue weighted by atomic mass is 16.2. The monoisotopic (exact) mass is 226 g/mol. The summed E-state index contributed by atoms with van der Waals surface area (Å²) < 4.78 is 0. The Balaban J connectivity index is 2.18. The SMILES string of the molecule is CCCCCCC(=O)N1CCC(C(C)N)C1. The largest absolute Gasteiger partial charge is 0.342 e. The first-order valence-corrected chi connectivity index (χ1v) is 6.68. The summed E-state index contributed by atoms with van der Waals surface area (Å²) in [5.74, 6) is 0.846. The molecule has 2 atom stereocenters. The second-order valence-electron chi connectivity index (χ2n) is 5.06. The lowest BCUT2D eigenvalue weighted by molar-refractivity contribution is -0.130. The highest BCUT2D eigenvalue weighted by Gasteiger charge is 2.27. The molecule has 0 spiro atoms. The fourth-order valence-corrected chi connectivity index (χ4v) is 2.30. The molecule has 0 radical (unpaired) electrons. The minimum atomic E-state index is 0.220. The van der Waals surface area contributed by atoms with E-state index in [0.717, 1.165) is 32.4 Å². The molecular weight excluding hydrogens is 200 g/mol. The van der Waals surface area contributed by atoms with Gasteiger partial charge in [-0.2, -0.15) is 0 Å². The molecule has 0 aromatic rings. The van der Waals surface area contributed by atoms with E-state index in [1.54, 1.807) is 0 Å². The van der Waals surface area contributed by atoms with Crippen molar-refractivity contribution in [2.75, 3.05) is 13.1 Å². The lowest BCUT2D eigenvalue weighted by atomic mass is 10.0. The van der Waals surface area contributed by atoms with Crippen LogP contribution >= 0.6 is 0 Å². The summed E-state index contributed by atoms with van der Waals surface area (Å²) in [5, 5.41) is 0. The summed E-state index contributed by atoms with van der Waals surface area (Å²) in [6.07, 6.45) is 6.52. The van der Waals surface area contributed by atoms with Crippen LogP contribution in [0.25, 0.3) is 0 Å². The maximum absolute atomic E-state index is 11.9. The van der Waals surface area contributed by atoms with Crippen LogP contribution in [0.15, 0.2) is 0 Å². The summed E-state index contributed by atoms with van der Waals surface area (Å²) in [6.45, 7) is 6.03. The first-order valence-electron chi connectivity index (χ1n) is 6.68. The van der Waals surface area contributed by atoms with Gasteiger partial charge in [-0.15, -0.1) is 0 Å². The number of nitrogens with zero attached hydrogens (tertiary/aromatic N) is 1. The van der Waals surface area contributed by atoms with Crippen LogP contribution in [0.1, 0.15) is 52.4 Å². The van der Waals surface area contributed by atoms with Gasteiger partial charge in [0.25, 0.3) is 0 Å². The van der Waals surface area contributed by atoms with E-state index in [4.69, 9.17) is 5.73 Å². The van der Waals surface area contributed by atoms with Crippen molar-refractivity contribution in [3.8, 4) is 0 Å². The van der Waals surface area contributed by atoms with Crippen molar-refractivity contribution in [2.24, 2.45) is 11.7 Å². The Hall–Kier alpha value is -0.570. The molecule has 16 heavy (non-hydrogen) atoms. The molecule has 0 aromatic heterocycles. The molecule has 3 heteroatoms. The first-order chi connectivity index (χ1) is 7.65. The molecule has 1 saturated heterocycles. The van der Waals surface area contributed by atoms with E-state index in [1.807, 2.05) is 11.8 Å². The molecule has 1 heterocycles. The van der Waals surface area contributed by atoms with E-state index in [1.165, 1.54) is 19.3 Å². The normalized spacial score (nSPS) is 22.4. The standard InChI is InChI=1S/C13H26N2O/c1-3-4-5-6-7-13(16)15-9-8-12(10-15)11(2)14/h11-12H,3-10,14H2,1-2H3. The molecule has 94 valence electrons. The van der Waals surface area contributed by atoms with Crippen LogP contribution in [0.4, 0.5) is 0 Å². The third-order valence-electron chi connectivity index (χ3n) is 3.57. The van der Waals surface area contributed by atoms with Gasteiger partial charge in [0.2, 0.25) is 5.91 Å². The Labute approximate surface area is 99.4 Å². The van der Waals surface area contributed by atoms with Gasteiger partial charge in [-0.25, -0.2) is 0 Å². The van der Waals surface area contributed by atoms with E-state index >= 15 is 0 Å². The number of carbonyl (C=O) groups excluding carboxylic acids is 1. The highest BCUT2D eigenvalue weighted by Crippen LogP contribution is 2.19. The molecule has 2 N–H and O–H groups in total. The smallest absolute Gasteiger partial charge is 0.222 e. The zero-order valence-corrected chi connectivity index (χ0v) is 10.7. The van der Waals surface area contributed by atoms with Gasteiger partial charge in [0.15, 0.2) is 0 Å². The van der Waals surface area contributed by atoms with Crippen molar-refractivity contribution in [1.82, 2.24) is 4.90 Å². The fraction of sp³-hybridized carbons (Fsp3) is 0.923. The van der Waals surface area contributed by atoms with Gasteiger partial charge < -0.3 is 10.6 Å². The number of unbranched alkanes of at least 4 members (excludes halogenated alkanes) is 3. The molecule has 0 aromatic carbocycles. The molecule has 0 saturated carbocycles. The number of carbonyl (C=O) groups is 1. The third-order valence-corrected chi connectivity index (χ3v) is 3.57. The zero-order valence-electron chi connectivity index (χ0n) is 10.7. The van der Waals surface area contributed by atoms with Gasteiger partial charge in [-0.05, 0) is 25.7 Å². The molecule has 3 nitrogen and oxygen atoms in total. The van der Waals surface area contributed by atoms with Gasteiger partial charge >= 0.3 is 0 Å². The topological polar surface area (TPSA) is 46.3 Å². The second-order valence-corrected chi connectivity index (χ2v) is 5.06. The van der Waals surface area contributed by atoms with Crippen LogP contribution in [0.2, 0.25) is 0 Å². The summed E-state index contributed by atoms with van der Waals surface area (Å²) in [5.41, 5.74) is 5.86. The number of nitrogens with two attached hydrogens (primary N) is 1. The predicted octanol–water partition coefficient (Wildman–Crippen LogP) is 2.15. The van der Waals surface area contributed by atoms with E-state index < -0.39 is 0 Å². The predicted molar refractivity (Wildman–Crippen MR) is 67.1 cm³/mol. The zero-order chi connectivity index (χ0) is 12.0. The van der Waals surface area contributed by atoms with Crippen molar-refractivity contribution in [1.29, 1.82) is 0 Å². The maximum atomic E-state index is 11.9. The summed E-state index contributed by atoms with van der Waals surface area (Å²) >= 11 is 0. The van der Waals surface area contributed by atoms with Crippen molar-refractivity contribution in [3.05, 3.63) is 0 Å². The van der Waals surface area contributed by atoms with Crippen molar-refractivity contribution in [3.63, 3.8) is 0 Å². The van der Waals surface area contributed by atoms with Crippen molar-refractivity contribution < 1.29 is 4.79 Å². The second kappa shape index (κ2) is 6.89. The number of hydrogen-bond donors (Lipinski definition) is 1. The average Bonchev–Trinajstić information content (AvgIpc) is 2.73. The van der Waals surface area contributed by atoms with Crippen molar-refractivity contribution in [2.45, 2.75) is 58.4 Å². The Morgan fingerprint density at radius 3 is 2.75 bits per heavy atom.